The van der Waals surface area contributed by atoms with Gasteiger partial charge in [0.25, 0.3) is 0 Å². The van der Waals surface area contributed by atoms with Gasteiger partial charge in [0.15, 0.2) is 5.16 Å². The standard InChI is InChI=1S/C11H19N3O2S/c1-8-5-12-11(17-7-10(15)16)14(8)9(2)6-13(3)4/h5,9H,6-7H2,1-4H3,(H,15,16). The number of hydrogen-bond donors (Lipinski definition) is 1. The molecular formula is C11H19N3O2S. The third-order valence-corrected chi connectivity index (χ3v) is 3.29. The predicted octanol–water partition coefficient (Wildman–Crippen LogP) is 1.49. The Balaban J connectivity index is 2.81. The summed E-state index contributed by atoms with van der Waals surface area (Å²) in [6.07, 6.45) is 1.79. The first kappa shape index (κ1) is 14.1. The molecule has 0 aromatic carbocycles. The van der Waals surface area contributed by atoms with E-state index in [4.69, 9.17) is 5.11 Å². The van der Waals surface area contributed by atoms with E-state index in [1.165, 1.54) is 11.8 Å². The summed E-state index contributed by atoms with van der Waals surface area (Å²) in [5, 5.41) is 9.47. The SMILES string of the molecule is Cc1cnc(SCC(=O)O)n1C(C)CN(C)C. The van der Waals surface area contributed by atoms with Crippen LogP contribution in [0.15, 0.2) is 11.4 Å². The summed E-state index contributed by atoms with van der Waals surface area (Å²) in [7, 11) is 4.04. The summed E-state index contributed by atoms with van der Waals surface area (Å²) in [5.41, 5.74) is 1.06. The van der Waals surface area contributed by atoms with Crippen LogP contribution in [0, 0.1) is 6.92 Å². The lowest BCUT2D eigenvalue weighted by molar-refractivity contribution is -0.133. The first-order valence-electron chi connectivity index (χ1n) is 5.45. The lowest BCUT2D eigenvalue weighted by Crippen LogP contribution is -2.23. The highest BCUT2D eigenvalue weighted by Crippen LogP contribution is 2.22. The zero-order valence-electron chi connectivity index (χ0n) is 10.7. The van der Waals surface area contributed by atoms with Gasteiger partial charge >= 0.3 is 5.97 Å². The van der Waals surface area contributed by atoms with E-state index in [0.717, 1.165) is 17.4 Å². The highest BCUT2D eigenvalue weighted by Gasteiger charge is 2.15. The van der Waals surface area contributed by atoms with Crippen LogP contribution in [0.25, 0.3) is 0 Å². The van der Waals surface area contributed by atoms with Crippen LogP contribution in [0.2, 0.25) is 0 Å². The minimum absolute atomic E-state index is 0.0468. The molecule has 96 valence electrons. The van der Waals surface area contributed by atoms with E-state index >= 15 is 0 Å². The van der Waals surface area contributed by atoms with Crippen LogP contribution in [-0.4, -0.2) is 51.9 Å². The first-order valence-corrected chi connectivity index (χ1v) is 6.43. The van der Waals surface area contributed by atoms with Crippen LogP contribution in [0.5, 0.6) is 0 Å². The Morgan fingerprint density at radius 2 is 2.29 bits per heavy atom. The second kappa shape index (κ2) is 6.07. The molecule has 0 aliphatic carbocycles. The van der Waals surface area contributed by atoms with E-state index in [0.29, 0.717) is 0 Å². The van der Waals surface area contributed by atoms with E-state index in [-0.39, 0.29) is 11.8 Å². The summed E-state index contributed by atoms with van der Waals surface area (Å²) >= 11 is 1.27. The lowest BCUT2D eigenvalue weighted by atomic mass is 10.3. The number of carboxylic acids is 1. The molecular weight excluding hydrogens is 238 g/mol. The van der Waals surface area contributed by atoms with Crippen molar-refractivity contribution in [2.24, 2.45) is 0 Å². The molecule has 17 heavy (non-hydrogen) atoms. The van der Waals surface area contributed by atoms with Gasteiger partial charge in [0.2, 0.25) is 0 Å². The molecule has 0 bridgehead atoms. The van der Waals surface area contributed by atoms with Crippen molar-refractivity contribution in [3.05, 3.63) is 11.9 Å². The summed E-state index contributed by atoms with van der Waals surface area (Å²) in [5.74, 6) is -0.770. The molecule has 0 fully saturated rings. The number of carboxylic acid groups (broad SMARTS) is 1. The average Bonchev–Trinajstić information content (AvgIpc) is 2.55. The van der Waals surface area contributed by atoms with Gasteiger partial charge in [-0.1, -0.05) is 11.8 Å². The molecule has 1 rings (SSSR count). The second-order valence-corrected chi connectivity index (χ2v) is 5.29. The number of carbonyl (C=O) groups is 1. The van der Waals surface area contributed by atoms with Crippen molar-refractivity contribution in [1.29, 1.82) is 0 Å². The largest absolute Gasteiger partial charge is 0.481 e. The van der Waals surface area contributed by atoms with Gasteiger partial charge in [-0.05, 0) is 27.9 Å². The van der Waals surface area contributed by atoms with Crippen LogP contribution >= 0.6 is 11.8 Å². The summed E-state index contributed by atoms with van der Waals surface area (Å²) < 4.78 is 2.09. The third kappa shape index (κ3) is 4.05. The Kier molecular flexibility index (Phi) is 5.02. The van der Waals surface area contributed by atoms with Crippen LogP contribution in [-0.2, 0) is 4.79 Å². The first-order chi connectivity index (χ1) is 7.91. The number of aliphatic carboxylic acids is 1. The molecule has 1 aromatic heterocycles. The fourth-order valence-corrected chi connectivity index (χ4v) is 2.65. The molecule has 1 atom stereocenters. The van der Waals surface area contributed by atoms with Crippen molar-refractivity contribution in [2.45, 2.75) is 25.0 Å². The predicted molar refractivity (Wildman–Crippen MR) is 68.6 cm³/mol. The van der Waals surface area contributed by atoms with Crippen LogP contribution < -0.4 is 0 Å². The quantitative estimate of drug-likeness (QED) is 0.782. The zero-order chi connectivity index (χ0) is 13.0. The molecule has 0 amide bonds. The van der Waals surface area contributed by atoms with Crippen LogP contribution in [0.3, 0.4) is 0 Å². The van der Waals surface area contributed by atoms with E-state index in [2.05, 4.69) is 21.4 Å². The number of imidazole rings is 1. The highest BCUT2D eigenvalue weighted by molar-refractivity contribution is 7.99. The van der Waals surface area contributed by atoms with Crippen molar-refractivity contribution in [3.63, 3.8) is 0 Å². The van der Waals surface area contributed by atoms with Crippen molar-refractivity contribution >= 4 is 17.7 Å². The number of nitrogens with zero attached hydrogens (tertiary/aromatic N) is 3. The molecule has 0 saturated carbocycles. The van der Waals surface area contributed by atoms with Gasteiger partial charge in [0.05, 0.1) is 5.75 Å². The highest BCUT2D eigenvalue weighted by atomic mass is 32.2. The van der Waals surface area contributed by atoms with E-state index in [1.54, 1.807) is 6.20 Å². The lowest BCUT2D eigenvalue weighted by Gasteiger charge is -2.21. The van der Waals surface area contributed by atoms with Crippen LogP contribution in [0.4, 0.5) is 0 Å². The smallest absolute Gasteiger partial charge is 0.313 e. The molecule has 1 aromatic rings. The Hall–Kier alpha value is -1.01. The Morgan fingerprint density at radius 1 is 1.65 bits per heavy atom. The Morgan fingerprint density at radius 3 is 2.82 bits per heavy atom. The number of aromatic nitrogens is 2. The number of rotatable bonds is 6. The van der Waals surface area contributed by atoms with Gasteiger partial charge in [0, 0.05) is 24.5 Å². The topological polar surface area (TPSA) is 58.4 Å². The fraction of sp³-hybridized carbons (Fsp3) is 0.636. The Bertz CT molecular complexity index is 390. The summed E-state index contributed by atoms with van der Waals surface area (Å²) in [6.45, 7) is 5.00. The molecule has 5 nitrogen and oxygen atoms in total. The number of likely N-dealkylation sites (N-methyl/N-ethyl adjacent to an activating group) is 1. The van der Waals surface area contributed by atoms with Crippen molar-refractivity contribution in [3.8, 4) is 0 Å². The van der Waals surface area contributed by atoms with E-state index in [9.17, 15) is 4.79 Å². The fourth-order valence-electron chi connectivity index (χ4n) is 1.80. The maximum Gasteiger partial charge on any atom is 0.313 e. The average molecular weight is 257 g/mol. The molecule has 0 aliphatic rings. The second-order valence-electron chi connectivity index (χ2n) is 4.35. The van der Waals surface area contributed by atoms with Crippen molar-refractivity contribution in [2.75, 3.05) is 26.4 Å². The molecule has 6 heteroatoms. The molecule has 0 spiro atoms. The van der Waals surface area contributed by atoms with Gasteiger partial charge in [-0.2, -0.15) is 0 Å². The van der Waals surface area contributed by atoms with Gasteiger partial charge in [0.1, 0.15) is 0 Å². The third-order valence-electron chi connectivity index (χ3n) is 2.34. The minimum Gasteiger partial charge on any atom is -0.481 e. The van der Waals surface area contributed by atoms with E-state index in [1.807, 2.05) is 21.0 Å². The molecule has 1 N–H and O–H groups in total. The molecule has 0 aliphatic heterocycles. The van der Waals surface area contributed by atoms with Gasteiger partial charge < -0.3 is 14.6 Å². The molecule has 1 unspecified atom stereocenters. The molecule has 0 radical (unpaired) electrons. The zero-order valence-corrected chi connectivity index (χ0v) is 11.5. The van der Waals surface area contributed by atoms with Crippen molar-refractivity contribution in [1.82, 2.24) is 14.5 Å². The summed E-state index contributed by atoms with van der Waals surface area (Å²) in [4.78, 5) is 16.9. The normalized spacial score (nSPS) is 13.0. The monoisotopic (exact) mass is 257 g/mol. The maximum atomic E-state index is 10.6. The number of thioether (sulfide) groups is 1. The van der Waals surface area contributed by atoms with Gasteiger partial charge in [-0.3, -0.25) is 4.79 Å². The van der Waals surface area contributed by atoms with Crippen molar-refractivity contribution < 1.29 is 9.90 Å². The molecule has 0 saturated heterocycles. The van der Waals surface area contributed by atoms with Gasteiger partial charge in [-0.15, -0.1) is 0 Å². The minimum atomic E-state index is -0.817. The Labute approximate surface area is 106 Å². The van der Waals surface area contributed by atoms with Gasteiger partial charge in [-0.25, -0.2) is 4.98 Å². The maximum absolute atomic E-state index is 10.6. The number of hydrogen-bond acceptors (Lipinski definition) is 4. The summed E-state index contributed by atoms with van der Waals surface area (Å²) in [6, 6.07) is 0.281. The number of aryl methyl sites for hydroxylation is 1. The van der Waals surface area contributed by atoms with Crippen LogP contribution in [0.1, 0.15) is 18.7 Å². The van der Waals surface area contributed by atoms with E-state index < -0.39 is 5.97 Å². The molecule has 1 heterocycles.